The summed E-state index contributed by atoms with van der Waals surface area (Å²) in [6.07, 6.45) is -11.5. The van der Waals surface area contributed by atoms with E-state index in [2.05, 4.69) is 5.32 Å². The van der Waals surface area contributed by atoms with Gasteiger partial charge in [0.15, 0.2) is 30.9 Å². The Morgan fingerprint density at radius 3 is 1.56 bits per heavy atom. The van der Waals surface area contributed by atoms with Crippen LogP contribution in [-0.4, -0.2) is 115 Å². The molecule has 0 unspecified atom stereocenters. The molecule has 232 valence electrons. The van der Waals surface area contributed by atoms with E-state index >= 15 is 0 Å². The van der Waals surface area contributed by atoms with E-state index < -0.39 is 110 Å². The molecule has 4 N–H and O–H groups in total. The number of nitrogens with one attached hydrogen (secondary N) is 1. The largest absolute Gasteiger partial charge is 0.463 e. The van der Waals surface area contributed by atoms with Gasteiger partial charge in [0.1, 0.15) is 37.6 Å². The lowest BCUT2D eigenvalue weighted by atomic mass is 9.94. The molecule has 0 aromatic heterocycles. The molecule has 0 aliphatic carbocycles. The first-order chi connectivity index (χ1) is 19.1. The second kappa shape index (κ2) is 15.0. The molecule has 17 heteroatoms. The molecule has 0 radical (unpaired) electrons. The molecule has 2 saturated heterocycles. The van der Waals surface area contributed by atoms with E-state index in [9.17, 15) is 33.9 Å². The van der Waals surface area contributed by atoms with E-state index in [1.807, 2.05) is 0 Å². The van der Waals surface area contributed by atoms with Gasteiger partial charge in [-0.05, 0) is 0 Å². The predicted octanol–water partition coefficient (Wildman–Crippen LogP) is -2.43. The second-order valence-corrected chi connectivity index (χ2v) is 9.34. The van der Waals surface area contributed by atoms with Gasteiger partial charge in [0.2, 0.25) is 5.91 Å². The maximum absolute atomic E-state index is 12.2. The first kappa shape index (κ1) is 33.8. The minimum Gasteiger partial charge on any atom is -0.463 e. The van der Waals surface area contributed by atoms with Crippen molar-refractivity contribution < 1.29 is 71.8 Å². The minimum absolute atomic E-state index is 0.461. The molecule has 2 rings (SSSR count). The summed E-state index contributed by atoms with van der Waals surface area (Å²) in [5.41, 5.74) is 6.15. The van der Waals surface area contributed by atoms with Crippen LogP contribution in [0.15, 0.2) is 0 Å². The molecule has 2 fully saturated rings. The molecule has 0 aromatic rings. The number of aliphatic hydroxyl groups is 1. The van der Waals surface area contributed by atoms with Crippen molar-refractivity contribution in [1.29, 1.82) is 0 Å². The molecule has 0 aromatic carbocycles. The van der Waals surface area contributed by atoms with Gasteiger partial charge in [0.05, 0.1) is 6.04 Å². The maximum Gasteiger partial charge on any atom is 0.303 e. The summed E-state index contributed by atoms with van der Waals surface area (Å²) >= 11 is 0. The number of ether oxygens (including phenoxy) is 8. The third-order valence-corrected chi connectivity index (χ3v) is 5.83. The number of carbonyl (C=O) groups is 6. The average Bonchev–Trinajstić information content (AvgIpc) is 2.83. The van der Waals surface area contributed by atoms with Gasteiger partial charge >= 0.3 is 29.8 Å². The molecule has 0 saturated carbocycles. The highest BCUT2D eigenvalue weighted by molar-refractivity contribution is 5.73. The number of nitrogens with two attached hydrogens (primary N) is 1. The quantitative estimate of drug-likeness (QED) is 0.177. The van der Waals surface area contributed by atoms with Crippen molar-refractivity contribution in [2.75, 3.05) is 13.2 Å². The van der Waals surface area contributed by atoms with Gasteiger partial charge in [0, 0.05) is 41.5 Å². The number of hydrogen-bond acceptors (Lipinski definition) is 16. The van der Waals surface area contributed by atoms with Crippen LogP contribution >= 0.6 is 0 Å². The van der Waals surface area contributed by atoms with E-state index in [-0.39, 0.29) is 0 Å². The Kier molecular flexibility index (Phi) is 12.4. The highest BCUT2D eigenvalue weighted by atomic mass is 16.7. The van der Waals surface area contributed by atoms with Crippen LogP contribution in [0, 0.1) is 0 Å². The van der Waals surface area contributed by atoms with Crippen LogP contribution in [0.25, 0.3) is 0 Å². The van der Waals surface area contributed by atoms with Crippen molar-refractivity contribution in [3.05, 3.63) is 0 Å². The Bertz CT molecular complexity index is 990. The summed E-state index contributed by atoms with van der Waals surface area (Å²) in [5.74, 6) is -4.46. The van der Waals surface area contributed by atoms with Crippen LogP contribution in [0.3, 0.4) is 0 Å². The molecule has 2 aliphatic rings. The Morgan fingerprint density at radius 2 is 1.12 bits per heavy atom. The van der Waals surface area contributed by atoms with Crippen LogP contribution in [0.2, 0.25) is 0 Å². The lowest BCUT2D eigenvalue weighted by molar-refractivity contribution is -0.324. The lowest BCUT2D eigenvalue weighted by Gasteiger charge is -2.48. The molecule has 0 spiro atoms. The van der Waals surface area contributed by atoms with Crippen molar-refractivity contribution in [3.8, 4) is 0 Å². The van der Waals surface area contributed by atoms with Gasteiger partial charge in [-0.25, -0.2) is 0 Å². The molecular weight excluding hydrogens is 556 g/mol. The van der Waals surface area contributed by atoms with Gasteiger partial charge in [-0.1, -0.05) is 0 Å². The fraction of sp³-hybridized carbons (Fsp3) is 0.750. The van der Waals surface area contributed by atoms with Crippen molar-refractivity contribution in [2.24, 2.45) is 5.73 Å². The summed E-state index contributed by atoms with van der Waals surface area (Å²) in [6, 6.07) is -2.76. The van der Waals surface area contributed by atoms with E-state index in [0.717, 1.165) is 41.5 Å². The molecule has 2 heterocycles. The van der Waals surface area contributed by atoms with E-state index in [4.69, 9.17) is 43.6 Å². The normalized spacial score (nSPS) is 33.1. The number of amides is 1. The molecule has 0 bridgehead atoms. The summed E-state index contributed by atoms with van der Waals surface area (Å²) in [6.45, 7) is 5.68. The monoisotopic (exact) mass is 592 g/mol. The van der Waals surface area contributed by atoms with Gasteiger partial charge in [-0.2, -0.15) is 0 Å². The highest BCUT2D eigenvalue weighted by Crippen LogP contribution is 2.32. The van der Waals surface area contributed by atoms with Crippen molar-refractivity contribution in [3.63, 3.8) is 0 Å². The topological polar surface area (TPSA) is 235 Å². The zero-order chi connectivity index (χ0) is 31.0. The SMILES string of the molecule is CC(=O)N[C@H]1[C@H](O[C@@H]2[C@@H](N)[C@@H](O)O[C@H](COC(C)=O)[C@H]2OC(C)=O)O[C@H](COC(C)=O)[C@@H](OC(C)=O)[C@@H]1OC(C)=O. The fourth-order valence-electron chi connectivity index (χ4n) is 4.34. The average molecular weight is 593 g/mol. The molecule has 17 nitrogen and oxygen atoms in total. The summed E-state index contributed by atoms with van der Waals surface area (Å²) in [4.78, 5) is 71.1. The maximum atomic E-state index is 12.2. The first-order valence-electron chi connectivity index (χ1n) is 12.6. The Hall–Kier alpha value is -3.38. The smallest absolute Gasteiger partial charge is 0.303 e. The molecule has 10 atom stereocenters. The first-order valence-corrected chi connectivity index (χ1v) is 12.6. The third kappa shape index (κ3) is 9.89. The number of rotatable bonds is 10. The van der Waals surface area contributed by atoms with E-state index in [1.165, 1.54) is 0 Å². The van der Waals surface area contributed by atoms with Crippen LogP contribution in [-0.2, 0) is 66.7 Å². The predicted molar refractivity (Wildman–Crippen MR) is 130 cm³/mol. The van der Waals surface area contributed by atoms with Gasteiger partial charge in [-0.15, -0.1) is 0 Å². The molecule has 1 amide bonds. The van der Waals surface area contributed by atoms with E-state index in [0.29, 0.717) is 0 Å². The Labute approximate surface area is 235 Å². The number of esters is 5. The molecule has 2 aliphatic heterocycles. The molecule has 41 heavy (non-hydrogen) atoms. The van der Waals surface area contributed by atoms with Crippen LogP contribution in [0.5, 0.6) is 0 Å². The van der Waals surface area contributed by atoms with Crippen molar-refractivity contribution in [2.45, 2.75) is 103 Å². The lowest BCUT2D eigenvalue weighted by Crippen LogP contribution is -2.70. The van der Waals surface area contributed by atoms with Crippen LogP contribution in [0.4, 0.5) is 0 Å². The highest BCUT2D eigenvalue weighted by Gasteiger charge is 2.55. The molecular formula is C24H36N2O15. The van der Waals surface area contributed by atoms with Crippen LogP contribution < -0.4 is 11.1 Å². The fourth-order valence-corrected chi connectivity index (χ4v) is 4.34. The van der Waals surface area contributed by atoms with Crippen molar-refractivity contribution in [1.82, 2.24) is 5.32 Å². The van der Waals surface area contributed by atoms with Gasteiger partial charge < -0.3 is 54.1 Å². The number of aliphatic hydroxyl groups excluding tert-OH is 1. The standard InChI is InChI=1S/C24H36N2O15/c1-9(27)26-18-22(38-14(6)32)20(37-13(5)31)16(8-35-11(3)29)40-24(18)41-21-17(25)23(33)39-15(7-34-10(2)28)19(21)36-12(4)30/h15-24,33H,7-8,25H2,1-6H3,(H,26,27)/t15-,16-,17-,18-,19-,20-,21-,22-,23+,24+/m1/s1. The zero-order valence-corrected chi connectivity index (χ0v) is 23.4. The van der Waals surface area contributed by atoms with Crippen molar-refractivity contribution >= 4 is 35.8 Å². The van der Waals surface area contributed by atoms with Crippen LogP contribution in [0.1, 0.15) is 41.5 Å². The van der Waals surface area contributed by atoms with Gasteiger partial charge in [-0.3, -0.25) is 28.8 Å². The second-order valence-electron chi connectivity index (χ2n) is 9.34. The summed E-state index contributed by atoms with van der Waals surface area (Å²) < 4.78 is 43.6. The number of carbonyl (C=O) groups excluding carboxylic acids is 6. The zero-order valence-electron chi connectivity index (χ0n) is 23.4. The Balaban J connectivity index is 2.55. The van der Waals surface area contributed by atoms with Gasteiger partial charge in [0.25, 0.3) is 0 Å². The van der Waals surface area contributed by atoms with E-state index in [1.54, 1.807) is 0 Å². The minimum atomic E-state index is -1.70. The Morgan fingerprint density at radius 1 is 0.683 bits per heavy atom. The summed E-state index contributed by atoms with van der Waals surface area (Å²) in [7, 11) is 0. The third-order valence-electron chi connectivity index (χ3n) is 5.83. The number of hydrogen-bond donors (Lipinski definition) is 3. The summed E-state index contributed by atoms with van der Waals surface area (Å²) in [5, 5.41) is 13.0.